The largest absolute Gasteiger partial charge is 0.103 e. The molecule has 0 heteroatoms. The van der Waals surface area contributed by atoms with E-state index in [4.69, 9.17) is 0 Å². The Kier molecular flexibility index (Phi) is 5.91. The third kappa shape index (κ3) is 5.90. The van der Waals surface area contributed by atoms with Gasteiger partial charge in [-0.25, -0.2) is 0 Å². The molecule has 0 aliphatic heterocycles. The zero-order valence-corrected chi connectivity index (χ0v) is 8.06. The zero-order chi connectivity index (χ0) is 8.69. The predicted molar refractivity (Wildman–Crippen MR) is 52.6 cm³/mol. The minimum absolute atomic E-state index is 0.627. The maximum absolute atomic E-state index is 3.76. The van der Waals surface area contributed by atoms with Crippen LogP contribution in [0.2, 0.25) is 0 Å². The van der Waals surface area contributed by atoms with Crippen molar-refractivity contribution in [1.82, 2.24) is 0 Å². The van der Waals surface area contributed by atoms with Crippen molar-refractivity contribution in [3.05, 3.63) is 24.3 Å². The predicted octanol–water partition coefficient (Wildman–Crippen LogP) is 3.95. The molecule has 0 saturated heterocycles. The Hall–Kier alpha value is -0.520. The van der Waals surface area contributed by atoms with Crippen LogP contribution < -0.4 is 0 Å². The van der Waals surface area contributed by atoms with Gasteiger partial charge in [-0.2, -0.15) is 0 Å². The summed E-state index contributed by atoms with van der Waals surface area (Å²) in [6, 6.07) is 0. The highest BCUT2D eigenvalue weighted by Crippen LogP contribution is 2.09. The van der Waals surface area contributed by atoms with Gasteiger partial charge in [0.15, 0.2) is 0 Å². The Morgan fingerprint density at radius 1 is 1.55 bits per heavy atom. The van der Waals surface area contributed by atoms with Gasteiger partial charge in [0.2, 0.25) is 0 Å². The van der Waals surface area contributed by atoms with Crippen LogP contribution in [0.15, 0.2) is 24.3 Å². The smallest absolute Gasteiger partial charge is 0.0230 e. The minimum Gasteiger partial charge on any atom is -0.103 e. The lowest BCUT2D eigenvalue weighted by Crippen LogP contribution is -1.86. The van der Waals surface area contributed by atoms with Crippen LogP contribution in [-0.2, 0) is 0 Å². The average molecular weight is 152 g/mol. The van der Waals surface area contributed by atoms with Crippen molar-refractivity contribution in [3.63, 3.8) is 0 Å². The molecule has 0 radical (unpaired) electrons. The molecule has 0 aromatic heterocycles. The molecule has 1 unspecified atom stereocenters. The lowest BCUT2D eigenvalue weighted by atomic mass is 10.0. The van der Waals surface area contributed by atoms with Gasteiger partial charge in [-0.3, -0.25) is 0 Å². The van der Waals surface area contributed by atoms with Crippen molar-refractivity contribution >= 4 is 0 Å². The van der Waals surface area contributed by atoms with Gasteiger partial charge < -0.3 is 0 Å². The maximum Gasteiger partial charge on any atom is -0.0230 e. The van der Waals surface area contributed by atoms with E-state index in [0.717, 1.165) is 6.42 Å². The first kappa shape index (κ1) is 10.5. The number of allylic oxidation sites excluding steroid dienone is 3. The number of hydrogen-bond donors (Lipinski definition) is 0. The van der Waals surface area contributed by atoms with Gasteiger partial charge in [0.25, 0.3) is 0 Å². The van der Waals surface area contributed by atoms with E-state index in [1.807, 2.05) is 6.08 Å². The molecule has 0 spiro atoms. The Bertz CT molecular complexity index is 131. The van der Waals surface area contributed by atoms with E-state index in [1.165, 1.54) is 18.4 Å². The third-order valence-corrected chi connectivity index (χ3v) is 1.88. The van der Waals surface area contributed by atoms with Crippen LogP contribution in [0.5, 0.6) is 0 Å². The number of hydrogen-bond acceptors (Lipinski definition) is 0. The fraction of sp³-hybridized carbons (Fsp3) is 0.636. The van der Waals surface area contributed by atoms with Crippen LogP contribution in [0.1, 0.15) is 40.0 Å². The summed E-state index contributed by atoms with van der Waals surface area (Å²) in [6.07, 6.45) is 7.98. The third-order valence-electron chi connectivity index (χ3n) is 1.88. The second-order valence-electron chi connectivity index (χ2n) is 3.25. The van der Waals surface area contributed by atoms with Crippen molar-refractivity contribution in [3.8, 4) is 0 Å². The fourth-order valence-electron chi connectivity index (χ4n) is 0.980. The fourth-order valence-corrected chi connectivity index (χ4v) is 0.980. The molecule has 0 aromatic rings. The van der Waals surface area contributed by atoms with Crippen LogP contribution in [0.3, 0.4) is 0 Å². The molecule has 0 heterocycles. The molecule has 0 aliphatic carbocycles. The van der Waals surface area contributed by atoms with Gasteiger partial charge in [0.05, 0.1) is 0 Å². The highest BCUT2D eigenvalue weighted by atomic mass is 14.0. The second-order valence-corrected chi connectivity index (χ2v) is 3.25. The molecule has 11 heavy (non-hydrogen) atoms. The highest BCUT2D eigenvalue weighted by molar-refractivity contribution is 4.99. The molecule has 0 aromatic carbocycles. The monoisotopic (exact) mass is 152 g/mol. The lowest BCUT2D eigenvalue weighted by molar-refractivity contribution is 0.737. The molecule has 0 aliphatic rings. The van der Waals surface area contributed by atoms with Gasteiger partial charge in [-0.1, -0.05) is 38.0 Å². The maximum atomic E-state index is 3.76. The Morgan fingerprint density at radius 3 is 2.64 bits per heavy atom. The normalized spacial score (nSPS) is 14.6. The lowest BCUT2D eigenvalue weighted by Gasteiger charge is -2.01. The van der Waals surface area contributed by atoms with Crippen molar-refractivity contribution in [1.29, 1.82) is 0 Å². The first-order valence-electron chi connectivity index (χ1n) is 4.48. The second kappa shape index (κ2) is 6.21. The standard InChI is InChI=1S/C11H20/c1-5-7-11(4)9-8-10(3)6-2/h6,9-10H,2,5,7-8H2,1,3-4H3. The minimum atomic E-state index is 0.627. The molecule has 64 valence electrons. The van der Waals surface area contributed by atoms with Crippen LogP contribution >= 0.6 is 0 Å². The molecule has 0 nitrogen and oxygen atoms in total. The van der Waals surface area contributed by atoms with Crippen LogP contribution in [0.4, 0.5) is 0 Å². The van der Waals surface area contributed by atoms with Crippen molar-refractivity contribution in [2.75, 3.05) is 0 Å². The van der Waals surface area contributed by atoms with E-state index in [9.17, 15) is 0 Å². The summed E-state index contributed by atoms with van der Waals surface area (Å²) in [7, 11) is 0. The van der Waals surface area contributed by atoms with E-state index in [-0.39, 0.29) is 0 Å². The molecule has 1 atom stereocenters. The topological polar surface area (TPSA) is 0 Å². The highest BCUT2D eigenvalue weighted by Gasteiger charge is 1.92. The summed E-state index contributed by atoms with van der Waals surface area (Å²) >= 11 is 0. The molecular weight excluding hydrogens is 132 g/mol. The first-order valence-corrected chi connectivity index (χ1v) is 4.48. The van der Waals surface area contributed by atoms with Gasteiger partial charge in [-0.15, -0.1) is 6.58 Å². The molecule has 0 bridgehead atoms. The summed E-state index contributed by atoms with van der Waals surface area (Å²) in [5.41, 5.74) is 1.52. The summed E-state index contributed by atoms with van der Waals surface area (Å²) in [5, 5.41) is 0. The van der Waals surface area contributed by atoms with Crippen LogP contribution in [-0.4, -0.2) is 0 Å². The van der Waals surface area contributed by atoms with E-state index in [0.29, 0.717) is 5.92 Å². The molecule has 0 fully saturated rings. The molecule has 0 amide bonds. The van der Waals surface area contributed by atoms with Crippen molar-refractivity contribution in [2.24, 2.45) is 5.92 Å². The Labute approximate surface area is 71.0 Å². The summed E-state index contributed by atoms with van der Waals surface area (Å²) < 4.78 is 0. The summed E-state index contributed by atoms with van der Waals surface area (Å²) in [4.78, 5) is 0. The Balaban J connectivity index is 3.62. The van der Waals surface area contributed by atoms with Gasteiger partial charge in [-0.05, 0) is 25.7 Å². The first-order chi connectivity index (χ1) is 5.20. The molecule has 0 rings (SSSR count). The van der Waals surface area contributed by atoms with E-state index in [2.05, 4.69) is 33.4 Å². The van der Waals surface area contributed by atoms with Gasteiger partial charge in [0.1, 0.15) is 0 Å². The van der Waals surface area contributed by atoms with Gasteiger partial charge >= 0.3 is 0 Å². The van der Waals surface area contributed by atoms with Gasteiger partial charge in [0, 0.05) is 0 Å². The SMILES string of the molecule is C=CC(C)CC=C(C)CCC. The zero-order valence-electron chi connectivity index (χ0n) is 8.06. The van der Waals surface area contributed by atoms with Crippen LogP contribution in [0, 0.1) is 5.92 Å². The van der Waals surface area contributed by atoms with E-state index >= 15 is 0 Å². The van der Waals surface area contributed by atoms with Crippen molar-refractivity contribution < 1.29 is 0 Å². The molecule has 0 saturated carbocycles. The number of rotatable bonds is 5. The summed E-state index contributed by atoms with van der Waals surface area (Å²) in [6.45, 7) is 10.4. The Morgan fingerprint density at radius 2 is 2.18 bits per heavy atom. The van der Waals surface area contributed by atoms with Crippen molar-refractivity contribution in [2.45, 2.75) is 40.0 Å². The summed E-state index contributed by atoms with van der Waals surface area (Å²) in [5.74, 6) is 0.627. The van der Waals surface area contributed by atoms with Crippen LogP contribution in [0.25, 0.3) is 0 Å². The quantitative estimate of drug-likeness (QED) is 0.523. The average Bonchev–Trinajstić information content (AvgIpc) is 2.01. The molecular formula is C11H20. The van der Waals surface area contributed by atoms with E-state index < -0.39 is 0 Å². The molecule has 0 N–H and O–H groups in total. The van der Waals surface area contributed by atoms with E-state index in [1.54, 1.807) is 0 Å².